The second kappa shape index (κ2) is 6.25. The van der Waals surface area contributed by atoms with Gasteiger partial charge in [0.05, 0.1) is 23.5 Å². The molecule has 0 unspecified atom stereocenters. The molecule has 0 fully saturated rings. The zero-order valence-electron chi connectivity index (χ0n) is 11.6. The molecule has 1 heterocycles. The van der Waals surface area contributed by atoms with Gasteiger partial charge < -0.3 is 15.2 Å². The van der Waals surface area contributed by atoms with E-state index in [0.717, 1.165) is 14.8 Å². The zero-order valence-corrected chi connectivity index (χ0v) is 13.8. The van der Waals surface area contributed by atoms with Crippen molar-refractivity contribution in [3.63, 3.8) is 0 Å². The van der Waals surface area contributed by atoms with Gasteiger partial charge in [-0.2, -0.15) is 0 Å². The molecule has 0 amide bonds. The highest BCUT2D eigenvalue weighted by molar-refractivity contribution is 14.1. The van der Waals surface area contributed by atoms with E-state index >= 15 is 0 Å². The lowest BCUT2D eigenvalue weighted by Gasteiger charge is -2.10. The number of benzene rings is 1. The van der Waals surface area contributed by atoms with Crippen LogP contribution in [0, 0.1) is 10.5 Å². The van der Waals surface area contributed by atoms with Gasteiger partial charge in [0.1, 0.15) is 11.6 Å². The lowest BCUT2D eigenvalue weighted by Crippen LogP contribution is -2.05. The lowest BCUT2D eigenvalue weighted by atomic mass is 10.1. The Morgan fingerprint density at radius 3 is 2.45 bits per heavy atom. The molecule has 0 spiro atoms. The van der Waals surface area contributed by atoms with Crippen LogP contribution in [0.15, 0.2) is 18.2 Å². The van der Waals surface area contributed by atoms with Gasteiger partial charge >= 0.3 is 0 Å². The summed E-state index contributed by atoms with van der Waals surface area (Å²) in [5.74, 6) is 2.62. The fourth-order valence-corrected chi connectivity index (χ4v) is 2.13. The van der Waals surface area contributed by atoms with E-state index in [1.54, 1.807) is 14.2 Å². The van der Waals surface area contributed by atoms with Gasteiger partial charge in [-0.15, -0.1) is 0 Å². The molecule has 0 saturated carbocycles. The summed E-state index contributed by atoms with van der Waals surface area (Å²) in [5.41, 5.74) is 7.81. The first kappa shape index (κ1) is 14.8. The number of nitrogens with zero attached hydrogens (tertiary/aromatic N) is 2. The summed E-state index contributed by atoms with van der Waals surface area (Å²) in [4.78, 5) is 8.77. The number of aryl methyl sites for hydroxylation is 1. The second-order valence-corrected chi connectivity index (χ2v) is 5.37. The van der Waals surface area contributed by atoms with Crippen LogP contribution in [-0.4, -0.2) is 24.2 Å². The number of rotatable bonds is 4. The predicted octanol–water partition coefficient (Wildman–Crippen LogP) is 2.58. The number of halogens is 1. The molecule has 0 bridgehead atoms. The minimum Gasteiger partial charge on any atom is -0.493 e. The largest absolute Gasteiger partial charge is 0.493 e. The summed E-state index contributed by atoms with van der Waals surface area (Å²) >= 11 is 2.15. The first-order chi connectivity index (χ1) is 9.55. The second-order valence-electron chi connectivity index (χ2n) is 4.29. The number of aromatic nitrogens is 2. The van der Waals surface area contributed by atoms with E-state index in [1.165, 1.54) is 0 Å². The first-order valence-electron chi connectivity index (χ1n) is 6.04. The zero-order chi connectivity index (χ0) is 14.7. The van der Waals surface area contributed by atoms with Crippen molar-refractivity contribution >= 4 is 28.4 Å². The van der Waals surface area contributed by atoms with Crippen molar-refractivity contribution in [1.29, 1.82) is 0 Å². The van der Waals surface area contributed by atoms with Gasteiger partial charge in [0.15, 0.2) is 11.5 Å². The number of methoxy groups -OCH3 is 2. The minimum absolute atomic E-state index is 0.522. The van der Waals surface area contributed by atoms with Gasteiger partial charge in [0.2, 0.25) is 0 Å². The van der Waals surface area contributed by atoms with Crippen molar-refractivity contribution in [3.05, 3.63) is 38.9 Å². The molecule has 106 valence electrons. The van der Waals surface area contributed by atoms with Gasteiger partial charge in [-0.3, -0.25) is 0 Å². The smallest absolute Gasteiger partial charge is 0.161 e. The molecule has 0 saturated heterocycles. The third-order valence-electron chi connectivity index (χ3n) is 2.90. The number of nitrogens with two attached hydrogens (primary N) is 1. The third kappa shape index (κ3) is 3.12. The van der Waals surface area contributed by atoms with Crippen molar-refractivity contribution in [2.24, 2.45) is 0 Å². The van der Waals surface area contributed by atoms with Gasteiger partial charge in [-0.25, -0.2) is 9.97 Å². The lowest BCUT2D eigenvalue weighted by molar-refractivity contribution is 0.354. The van der Waals surface area contributed by atoms with Crippen molar-refractivity contribution in [2.75, 3.05) is 20.0 Å². The summed E-state index contributed by atoms with van der Waals surface area (Å²) in [7, 11) is 3.23. The van der Waals surface area contributed by atoms with E-state index in [0.29, 0.717) is 29.6 Å². The Balaban J connectivity index is 2.30. The van der Waals surface area contributed by atoms with Crippen LogP contribution in [0.1, 0.15) is 17.1 Å². The Kier molecular flexibility index (Phi) is 4.64. The number of hydrogen-bond acceptors (Lipinski definition) is 5. The molecule has 0 aliphatic carbocycles. The maximum Gasteiger partial charge on any atom is 0.161 e. The minimum atomic E-state index is 0.522. The molecule has 0 aliphatic heterocycles. The monoisotopic (exact) mass is 385 g/mol. The van der Waals surface area contributed by atoms with Crippen LogP contribution in [0.4, 0.5) is 5.82 Å². The molecule has 1 aromatic heterocycles. The average molecular weight is 385 g/mol. The van der Waals surface area contributed by atoms with Crippen molar-refractivity contribution in [1.82, 2.24) is 9.97 Å². The Labute approximate surface area is 131 Å². The molecule has 1 aromatic carbocycles. The molecule has 2 aromatic rings. The van der Waals surface area contributed by atoms with Crippen molar-refractivity contribution in [3.8, 4) is 11.5 Å². The summed E-state index contributed by atoms with van der Waals surface area (Å²) in [5, 5.41) is 0. The molecule has 0 atom stereocenters. The standard InChI is InChI=1S/C14H16IN3O2/c1-8-13(15)14(16)18-12(17-8)7-9-4-5-10(19-2)11(6-9)20-3/h4-6H,7H2,1-3H3,(H2,16,17,18). The van der Waals surface area contributed by atoms with Crippen LogP contribution in [0.2, 0.25) is 0 Å². The summed E-state index contributed by atoms with van der Waals surface area (Å²) < 4.78 is 11.4. The topological polar surface area (TPSA) is 70.3 Å². The maximum absolute atomic E-state index is 5.87. The van der Waals surface area contributed by atoms with Gasteiger partial charge in [0, 0.05) is 6.42 Å². The van der Waals surface area contributed by atoms with Crippen molar-refractivity contribution in [2.45, 2.75) is 13.3 Å². The normalized spacial score (nSPS) is 10.4. The van der Waals surface area contributed by atoms with E-state index in [-0.39, 0.29) is 0 Å². The molecule has 5 nitrogen and oxygen atoms in total. The quantitative estimate of drug-likeness (QED) is 0.820. The summed E-state index contributed by atoms with van der Waals surface area (Å²) in [6.45, 7) is 1.93. The molecular formula is C14H16IN3O2. The molecule has 2 rings (SSSR count). The van der Waals surface area contributed by atoms with E-state index in [4.69, 9.17) is 15.2 Å². The average Bonchev–Trinajstić information content (AvgIpc) is 2.44. The molecule has 0 radical (unpaired) electrons. The number of nitrogen functional groups attached to an aromatic ring is 1. The van der Waals surface area contributed by atoms with Crippen LogP contribution in [0.3, 0.4) is 0 Å². The highest BCUT2D eigenvalue weighted by Gasteiger charge is 2.09. The van der Waals surface area contributed by atoms with Gasteiger partial charge in [-0.05, 0) is 47.2 Å². The molecular weight excluding hydrogens is 369 g/mol. The van der Waals surface area contributed by atoms with E-state index in [9.17, 15) is 0 Å². The van der Waals surface area contributed by atoms with Crippen LogP contribution in [-0.2, 0) is 6.42 Å². The molecule has 2 N–H and O–H groups in total. The summed E-state index contributed by atoms with van der Waals surface area (Å²) in [6.07, 6.45) is 0.600. The Morgan fingerprint density at radius 1 is 1.15 bits per heavy atom. The Morgan fingerprint density at radius 2 is 1.85 bits per heavy atom. The first-order valence-corrected chi connectivity index (χ1v) is 7.12. The maximum atomic E-state index is 5.87. The number of ether oxygens (including phenoxy) is 2. The number of hydrogen-bond donors (Lipinski definition) is 1. The van der Waals surface area contributed by atoms with E-state index < -0.39 is 0 Å². The highest BCUT2D eigenvalue weighted by Crippen LogP contribution is 2.28. The van der Waals surface area contributed by atoms with Gasteiger partial charge in [-0.1, -0.05) is 6.07 Å². The fourth-order valence-electron chi connectivity index (χ4n) is 1.89. The highest BCUT2D eigenvalue weighted by atomic mass is 127. The van der Waals surface area contributed by atoms with Crippen LogP contribution in [0.25, 0.3) is 0 Å². The Bertz CT molecular complexity index is 609. The van der Waals surface area contributed by atoms with Crippen LogP contribution in [0.5, 0.6) is 11.5 Å². The third-order valence-corrected chi connectivity index (χ3v) is 4.23. The summed E-state index contributed by atoms with van der Waals surface area (Å²) in [6, 6.07) is 5.76. The van der Waals surface area contributed by atoms with Crippen LogP contribution < -0.4 is 15.2 Å². The Hall–Kier alpha value is -1.57. The van der Waals surface area contributed by atoms with E-state index in [1.807, 2.05) is 25.1 Å². The predicted molar refractivity (Wildman–Crippen MR) is 86.3 cm³/mol. The van der Waals surface area contributed by atoms with Crippen LogP contribution >= 0.6 is 22.6 Å². The fraction of sp³-hybridized carbons (Fsp3) is 0.286. The SMILES string of the molecule is COc1ccc(Cc2nc(C)c(I)c(N)n2)cc1OC. The van der Waals surface area contributed by atoms with E-state index in [2.05, 4.69) is 32.6 Å². The molecule has 20 heavy (non-hydrogen) atoms. The van der Waals surface area contributed by atoms with Crippen molar-refractivity contribution < 1.29 is 9.47 Å². The van der Waals surface area contributed by atoms with Gasteiger partial charge in [0.25, 0.3) is 0 Å². The molecule has 0 aliphatic rings. The molecule has 6 heteroatoms. The number of anilines is 1.